The van der Waals surface area contributed by atoms with Gasteiger partial charge in [0.25, 0.3) is 12.3 Å². The van der Waals surface area contributed by atoms with Crippen molar-refractivity contribution < 1.29 is 39.9 Å². The van der Waals surface area contributed by atoms with Gasteiger partial charge in [-0.2, -0.15) is 31.4 Å². The summed E-state index contributed by atoms with van der Waals surface area (Å²) in [5.74, 6) is -1.05. The van der Waals surface area contributed by atoms with Crippen LogP contribution in [0.1, 0.15) is 33.6 Å². The standard InChI is InChI=1S/C20H13F8N3O/c1-31-9-14(16(30-31)17(21)22)18(32)29-15-5-3-2-4-13(15)10-6-11(19(23,24)25)8-12(7-10)20(26,27)28/h2-9,17H,1H3,(H,29,32). The van der Waals surface area contributed by atoms with Gasteiger partial charge in [-0.25, -0.2) is 8.78 Å². The Hall–Kier alpha value is -3.44. The maximum Gasteiger partial charge on any atom is 0.416 e. The van der Waals surface area contributed by atoms with Gasteiger partial charge in [-0.15, -0.1) is 0 Å². The number of nitrogens with zero attached hydrogens (tertiary/aromatic N) is 2. The third kappa shape index (κ3) is 4.89. The van der Waals surface area contributed by atoms with E-state index < -0.39 is 52.6 Å². The van der Waals surface area contributed by atoms with Crippen molar-refractivity contribution in [3.05, 3.63) is 71.0 Å². The van der Waals surface area contributed by atoms with Gasteiger partial charge in [0.1, 0.15) is 5.69 Å². The minimum Gasteiger partial charge on any atom is -0.321 e. The van der Waals surface area contributed by atoms with E-state index in [0.717, 1.165) is 10.9 Å². The highest BCUT2D eigenvalue weighted by atomic mass is 19.4. The fraction of sp³-hybridized carbons (Fsp3) is 0.200. The minimum atomic E-state index is -5.06. The first-order valence-corrected chi connectivity index (χ1v) is 8.79. The second kappa shape index (κ2) is 8.24. The first kappa shape index (κ1) is 23.2. The average Bonchev–Trinajstić information content (AvgIpc) is 3.09. The average molecular weight is 463 g/mol. The highest BCUT2D eigenvalue weighted by Gasteiger charge is 2.37. The first-order chi connectivity index (χ1) is 14.8. The molecule has 0 saturated heterocycles. The molecule has 0 atom stereocenters. The molecular weight excluding hydrogens is 450 g/mol. The molecule has 1 aromatic heterocycles. The van der Waals surface area contributed by atoms with Crippen molar-refractivity contribution in [1.29, 1.82) is 0 Å². The molecule has 0 saturated carbocycles. The van der Waals surface area contributed by atoms with Crippen LogP contribution in [-0.2, 0) is 19.4 Å². The molecule has 170 valence electrons. The molecule has 4 nitrogen and oxygen atoms in total. The molecule has 0 fully saturated rings. The van der Waals surface area contributed by atoms with Crippen LogP contribution in [0.2, 0.25) is 0 Å². The van der Waals surface area contributed by atoms with Crippen LogP contribution >= 0.6 is 0 Å². The number of carbonyl (C=O) groups excluding carboxylic acids is 1. The fourth-order valence-electron chi connectivity index (χ4n) is 2.99. The molecule has 0 spiro atoms. The molecule has 3 rings (SSSR count). The van der Waals surface area contributed by atoms with Crippen LogP contribution in [-0.4, -0.2) is 15.7 Å². The van der Waals surface area contributed by atoms with Crippen LogP contribution in [0, 0.1) is 0 Å². The molecule has 0 aliphatic carbocycles. The molecule has 0 aliphatic heterocycles. The largest absolute Gasteiger partial charge is 0.416 e. The second-order valence-corrected chi connectivity index (χ2v) is 6.70. The van der Waals surface area contributed by atoms with E-state index in [1.165, 1.54) is 31.3 Å². The number of hydrogen-bond donors (Lipinski definition) is 1. The number of alkyl halides is 8. The van der Waals surface area contributed by atoms with Crippen LogP contribution in [0.5, 0.6) is 0 Å². The van der Waals surface area contributed by atoms with Crippen LogP contribution < -0.4 is 5.32 Å². The second-order valence-electron chi connectivity index (χ2n) is 6.70. The lowest BCUT2D eigenvalue weighted by Crippen LogP contribution is -2.14. The van der Waals surface area contributed by atoms with Crippen molar-refractivity contribution >= 4 is 11.6 Å². The smallest absolute Gasteiger partial charge is 0.321 e. The Morgan fingerprint density at radius 2 is 1.53 bits per heavy atom. The summed E-state index contributed by atoms with van der Waals surface area (Å²) in [4.78, 5) is 12.5. The number of halogens is 8. The van der Waals surface area contributed by atoms with E-state index >= 15 is 0 Å². The van der Waals surface area contributed by atoms with Gasteiger partial charge in [-0.1, -0.05) is 18.2 Å². The highest BCUT2D eigenvalue weighted by Crippen LogP contribution is 2.40. The Labute approximate surface area is 175 Å². The van der Waals surface area contributed by atoms with Crippen molar-refractivity contribution in [2.75, 3.05) is 5.32 Å². The van der Waals surface area contributed by atoms with Crippen molar-refractivity contribution in [3.8, 4) is 11.1 Å². The molecule has 32 heavy (non-hydrogen) atoms. The first-order valence-electron chi connectivity index (χ1n) is 8.79. The lowest BCUT2D eigenvalue weighted by Gasteiger charge is -2.16. The Balaban J connectivity index is 2.09. The molecule has 12 heteroatoms. The van der Waals surface area contributed by atoms with Crippen molar-refractivity contribution in [3.63, 3.8) is 0 Å². The van der Waals surface area contributed by atoms with Gasteiger partial charge < -0.3 is 5.32 Å². The summed E-state index contributed by atoms with van der Waals surface area (Å²) in [5, 5.41) is 5.75. The van der Waals surface area contributed by atoms with Gasteiger partial charge in [0, 0.05) is 24.5 Å². The molecule has 1 amide bonds. The predicted octanol–water partition coefficient (Wildman–Crippen LogP) is 6.31. The van der Waals surface area contributed by atoms with Gasteiger partial charge >= 0.3 is 12.4 Å². The van der Waals surface area contributed by atoms with E-state index in [2.05, 4.69) is 10.4 Å². The summed E-state index contributed by atoms with van der Waals surface area (Å²) >= 11 is 0. The molecule has 2 aromatic carbocycles. The van der Waals surface area contributed by atoms with Crippen molar-refractivity contribution in [2.45, 2.75) is 18.8 Å². The van der Waals surface area contributed by atoms with Crippen LogP contribution in [0.15, 0.2) is 48.7 Å². The number of rotatable bonds is 4. The summed E-state index contributed by atoms with van der Waals surface area (Å²) in [6, 6.07) is 6.13. The van der Waals surface area contributed by atoms with Crippen LogP contribution in [0.4, 0.5) is 40.8 Å². The summed E-state index contributed by atoms with van der Waals surface area (Å²) in [7, 11) is 1.30. The molecular formula is C20H13F8N3O. The van der Waals surface area contributed by atoms with E-state index in [9.17, 15) is 39.9 Å². The van der Waals surface area contributed by atoms with E-state index in [4.69, 9.17) is 0 Å². The molecule has 1 N–H and O–H groups in total. The maximum atomic E-state index is 13.2. The van der Waals surface area contributed by atoms with Crippen LogP contribution in [0.25, 0.3) is 11.1 Å². The number of aromatic nitrogens is 2. The SMILES string of the molecule is Cn1cc(C(=O)Nc2ccccc2-c2cc(C(F)(F)F)cc(C(F)(F)F)c2)c(C(F)F)n1. The Morgan fingerprint density at radius 1 is 0.969 bits per heavy atom. The van der Waals surface area contributed by atoms with E-state index in [0.29, 0.717) is 12.1 Å². The zero-order valence-electron chi connectivity index (χ0n) is 16.0. The Bertz CT molecular complexity index is 1120. The van der Waals surface area contributed by atoms with Gasteiger partial charge in [0.15, 0.2) is 0 Å². The zero-order valence-corrected chi connectivity index (χ0v) is 16.0. The number of benzene rings is 2. The third-order valence-corrected chi connectivity index (χ3v) is 4.38. The lowest BCUT2D eigenvalue weighted by atomic mass is 9.97. The molecule has 0 radical (unpaired) electrons. The topological polar surface area (TPSA) is 46.9 Å². The number of nitrogens with one attached hydrogen (secondary N) is 1. The van der Waals surface area contributed by atoms with E-state index in [1.54, 1.807) is 0 Å². The predicted molar refractivity (Wildman–Crippen MR) is 98.0 cm³/mol. The van der Waals surface area contributed by atoms with Crippen molar-refractivity contribution in [2.24, 2.45) is 7.05 Å². The minimum absolute atomic E-state index is 0.0186. The van der Waals surface area contributed by atoms with Gasteiger partial charge in [-0.3, -0.25) is 9.48 Å². The summed E-state index contributed by atoms with van der Waals surface area (Å²) in [6.07, 6.45) is -12.2. The molecule has 1 heterocycles. The molecule has 0 bridgehead atoms. The normalized spacial score (nSPS) is 12.3. The number of anilines is 1. The van der Waals surface area contributed by atoms with Gasteiger partial charge in [0.05, 0.1) is 16.7 Å². The Morgan fingerprint density at radius 3 is 2.06 bits per heavy atom. The lowest BCUT2D eigenvalue weighted by molar-refractivity contribution is -0.143. The monoisotopic (exact) mass is 463 g/mol. The number of para-hydroxylation sites is 1. The molecule has 0 unspecified atom stereocenters. The number of amides is 1. The van der Waals surface area contributed by atoms with E-state index in [1.807, 2.05) is 0 Å². The van der Waals surface area contributed by atoms with Crippen LogP contribution in [0.3, 0.4) is 0 Å². The van der Waals surface area contributed by atoms with Gasteiger partial charge in [0.2, 0.25) is 0 Å². The fourth-order valence-corrected chi connectivity index (χ4v) is 2.99. The quantitative estimate of drug-likeness (QED) is 0.461. The van der Waals surface area contributed by atoms with Gasteiger partial charge in [-0.05, 0) is 29.8 Å². The van der Waals surface area contributed by atoms with E-state index in [-0.39, 0.29) is 17.3 Å². The highest BCUT2D eigenvalue weighted by molar-refractivity contribution is 6.07. The third-order valence-electron chi connectivity index (χ3n) is 4.38. The van der Waals surface area contributed by atoms with Crippen molar-refractivity contribution in [1.82, 2.24) is 9.78 Å². The Kier molecular flexibility index (Phi) is 5.98. The zero-order chi connectivity index (χ0) is 23.8. The number of carbonyl (C=O) groups is 1. The molecule has 3 aromatic rings. The summed E-state index contributed by atoms with van der Waals surface area (Å²) in [6.45, 7) is 0. The summed E-state index contributed by atoms with van der Waals surface area (Å²) in [5.41, 5.74) is -5.18. The maximum absolute atomic E-state index is 13.2. The molecule has 0 aliphatic rings. The number of hydrogen-bond acceptors (Lipinski definition) is 2. The number of aryl methyl sites for hydroxylation is 1. The summed E-state index contributed by atoms with van der Waals surface area (Å²) < 4.78 is 106.